The van der Waals surface area contributed by atoms with Crippen molar-refractivity contribution in [2.75, 3.05) is 18.5 Å². The van der Waals surface area contributed by atoms with Gasteiger partial charge in [-0.25, -0.2) is 4.79 Å². The van der Waals surface area contributed by atoms with Gasteiger partial charge in [0.2, 0.25) is 5.91 Å². The summed E-state index contributed by atoms with van der Waals surface area (Å²) in [4.78, 5) is 25.6. The molecule has 1 fully saturated rings. The molecule has 0 saturated carbocycles. The predicted molar refractivity (Wildman–Crippen MR) is 85.0 cm³/mol. The molecule has 120 valence electrons. The summed E-state index contributed by atoms with van der Waals surface area (Å²) in [5.41, 5.74) is 0.686. The van der Waals surface area contributed by atoms with Crippen LogP contribution in [0.25, 0.3) is 0 Å². The molecule has 6 heteroatoms. The van der Waals surface area contributed by atoms with E-state index in [9.17, 15) is 9.59 Å². The second kappa shape index (κ2) is 7.15. The van der Waals surface area contributed by atoms with Gasteiger partial charge in [-0.1, -0.05) is 0 Å². The molecule has 1 atom stereocenters. The number of urea groups is 1. The van der Waals surface area contributed by atoms with Crippen molar-refractivity contribution in [3.63, 3.8) is 0 Å². The molecule has 1 aliphatic rings. The number of hydrogen-bond donors (Lipinski definition) is 2. The first-order valence-electron chi connectivity index (χ1n) is 7.59. The second-order valence-electron chi connectivity index (χ2n) is 5.60. The van der Waals surface area contributed by atoms with E-state index in [0.717, 1.165) is 5.75 Å². The van der Waals surface area contributed by atoms with E-state index in [2.05, 4.69) is 10.6 Å². The topological polar surface area (TPSA) is 70.7 Å². The third kappa shape index (κ3) is 4.13. The molecule has 1 aromatic rings. The van der Waals surface area contributed by atoms with Crippen molar-refractivity contribution in [2.24, 2.45) is 0 Å². The minimum absolute atomic E-state index is 0.0846. The van der Waals surface area contributed by atoms with E-state index in [1.165, 1.54) is 0 Å². The van der Waals surface area contributed by atoms with Crippen molar-refractivity contribution in [1.29, 1.82) is 0 Å². The summed E-state index contributed by atoms with van der Waals surface area (Å²) < 4.78 is 5.35. The van der Waals surface area contributed by atoms with Gasteiger partial charge in [-0.05, 0) is 45.0 Å². The highest BCUT2D eigenvalue weighted by molar-refractivity contribution is 5.90. The van der Waals surface area contributed by atoms with Crippen molar-refractivity contribution in [3.8, 4) is 5.75 Å². The minimum Gasteiger partial charge on any atom is -0.494 e. The quantitative estimate of drug-likeness (QED) is 0.876. The van der Waals surface area contributed by atoms with Crippen LogP contribution in [0.1, 0.15) is 27.2 Å². The molecule has 1 aliphatic heterocycles. The number of benzene rings is 1. The molecule has 0 radical (unpaired) electrons. The Morgan fingerprint density at radius 3 is 2.59 bits per heavy atom. The summed E-state index contributed by atoms with van der Waals surface area (Å²) in [6, 6.07) is 6.89. The maximum absolute atomic E-state index is 12.0. The SMILES string of the molecule is CCOc1ccc(NC(=O)NC2CC(=O)N(C(C)C)C2)cc1. The zero-order valence-corrected chi connectivity index (χ0v) is 13.3. The van der Waals surface area contributed by atoms with E-state index in [0.29, 0.717) is 25.3 Å². The molecular formula is C16H23N3O3. The van der Waals surface area contributed by atoms with Gasteiger partial charge in [-0.15, -0.1) is 0 Å². The Balaban J connectivity index is 1.84. The average Bonchev–Trinajstić information content (AvgIpc) is 2.82. The van der Waals surface area contributed by atoms with Gasteiger partial charge in [0.15, 0.2) is 0 Å². The monoisotopic (exact) mass is 305 g/mol. The summed E-state index contributed by atoms with van der Waals surface area (Å²) in [6.45, 7) is 7.03. The van der Waals surface area contributed by atoms with Gasteiger partial charge < -0.3 is 20.3 Å². The van der Waals surface area contributed by atoms with Crippen LogP contribution in [-0.4, -0.2) is 42.1 Å². The number of carbonyl (C=O) groups is 2. The standard InChI is InChI=1S/C16H23N3O3/c1-4-22-14-7-5-12(6-8-14)17-16(21)18-13-9-15(20)19(10-13)11(2)3/h5-8,11,13H,4,9-10H2,1-3H3,(H2,17,18,21). The van der Waals surface area contributed by atoms with Crippen molar-refractivity contribution < 1.29 is 14.3 Å². The van der Waals surface area contributed by atoms with Gasteiger partial charge in [-0.2, -0.15) is 0 Å². The van der Waals surface area contributed by atoms with E-state index in [1.807, 2.05) is 20.8 Å². The fraction of sp³-hybridized carbons (Fsp3) is 0.500. The Labute approximate surface area is 130 Å². The lowest BCUT2D eigenvalue weighted by molar-refractivity contribution is -0.129. The van der Waals surface area contributed by atoms with Gasteiger partial charge in [0.1, 0.15) is 5.75 Å². The highest BCUT2D eigenvalue weighted by Gasteiger charge is 2.31. The number of carbonyl (C=O) groups excluding carboxylic acids is 2. The summed E-state index contributed by atoms with van der Waals surface area (Å²) in [7, 11) is 0. The molecule has 0 bridgehead atoms. The Kier molecular flexibility index (Phi) is 5.25. The lowest BCUT2D eigenvalue weighted by Crippen LogP contribution is -2.40. The van der Waals surface area contributed by atoms with Crippen molar-refractivity contribution >= 4 is 17.6 Å². The van der Waals surface area contributed by atoms with Crippen LogP contribution in [0.4, 0.5) is 10.5 Å². The molecule has 2 rings (SSSR count). The van der Waals surface area contributed by atoms with E-state index < -0.39 is 0 Å². The molecule has 1 aromatic carbocycles. The van der Waals surface area contributed by atoms with Crippen LogP contribution in [0, 0.1) is 0 Å². The van der Waals surface area contributed by atoms with Crippen molar-refractivity contribution in [2.45, 2.75) is 39.3 Å². The molecule has 0 aliphatic carbocycles. The zero-order chi connectivity index (χ0) is 16.1. The summed E-state index contributed by atoms with van der Waals surface area (Å²) in [6.07, 6.45) is 0.356. The third-order valence-corrected chi connectivity index (χ3v) is 3.54. The van der Waals surface area contributed by atoms with Crippen LogP contribution >= 0.6 is 0 Å². The van der Waals surface area contributed by atoms with E-state index >= 15 is 0 Å². The molecule has 1 unspecified atom stereocenters. The molecule has 2 N–H and O–H groups in total. The van der Waals surface area contributed by atoms with Gasteiger partial charge in [0, 0.05) is 24.7 Å². The Morgan fingerprint density at radius 2 is 2.05 bits per heavy atom. The molecule has 3 amide bonds. The van der Waals surface area contributed by atoms with Crippen LogP contribution in [0.3, 0.4) is 0 Å². The maximum atomic E-state index is 12.0. The van der Waals surface area contributed by atoms with Gasteiger partial charge >= 0.3 is 6.03 Å². The van der Waals surface area contributed by atoms with Crippen LogP contribution in [0.15, 0.2) is 24.3 Å². The zero-order valence-electron chi connectivity index (χ0n) is 13.3. The van der Waals surface area contributed by atoms with Crippen molar-refractivity contribution in [3.05, 3.63) is 24.3 Å². The smallest absolute Gasteiger partial charge is 0.319 e. The third-order valence-electron chi connectivity index (χ3n) is 3.54. The van der Waals surface area contributed by atoms with E-state index in [4.69, 9.17) is 4.74 Å². The predicted octanol–water partition coefficient (Wildman–Crippen LogP) is 2.22. The fourth-order valence-electron chi connectivity index (χ4n) is 2.48. The largest absolute Gasteiger partial charge is 0.494 e. The maximum Gasteiger partial charge on any atom is 0.319 e. The number of ether oxygens (including phenoxy) is 1. The van der Waals surface area contributed by atoms with Crippen LogP contribution in [-0.2, 0) is 4.79 Å². The number of nitrogens with one attached hydrogen (secondary N) is 2. The van der Waals surface area contributed by atoms with Gasteiger partial charge in [0.25, 0.3) is 0 Å². The number of rotatable bonds is 5. The number of anilines is 1. The highest BCUT2D eigenvalue weighted by Crippen LogP contribution is 2.17. The average molecular weight is 305 g/mol. The fourth-order valence-corrected chi connectivity index (χ4v) is 2.48. The Morgan fingerprint density at radius 1 is 1.36 bits per heavy atom. The van der Waals surface area contributed by atoms with E-state index in [1.54, 1.807) is 29.2 Å². The van der Waals surface area contributed by atoms with Crippen LogP contribution in [0.5, 0.6) is 5.75 Å². The molecule has 1 heterocycles. The first-order chi connectivity index (χ1) is 10.5. The Hall–Kier alpha value is -2.24. The summed E-state index contributed by atoms with van der Waals surface area (Å²) in [5.74, 6) is 0.851. The first-order valence-corrected chi connectivity index (χ1v) is 7.59. The molecular weight excluding hydrogens is 282 g/mol. The molecule has 1 saturated heterocycles. The second-order valence-corrected chi connectivity index (χ2v) is 5.60. The molecule has 0 spiro atoms. The molecule has 0 aromatic heterocycles. The van der Waals surface area contributed by atoms with E-state index in [-0.39, 0.29) is 24.0 Å². The molecule has 6 nitrogen and oxygen atoms in total. The highest BCUT2D eigenvalue weighted by atomic mass is 16.5. The summed E-state index contributed by atoms with van der Waals surface area (Å²) in [5, 5.41) is 5.60. The lowest BCUT2D eigenvalue weighted by atomic mass is 10.2. The number of likely N-dealkylation sites (tertiary alicyclic amines) is 1. The normalized spacial score (nSPS) is 17.7. The van der Waals surface area contributed by atoms with Crippen LogP contribution < -0.4 is 15.4 Å². The number of nitrogens with zero attached hydrogens (tertiary/aromatic N) is 1. The Bertz CT molecular complexity index is 528. The molecule has 22 heavy (non-hydrogen) atoms. The lowest BCUT2D eigenvalue weighted by Gasteiger charge is -2.21. The minimum atomic E-state index is -0.299. The number of hydrogen-bond acceptors (Lipinski definition) is 3. The van der Waals surface area contributed by atoms with Gasteiger partial charge in [-0.3, -0.25) is 4.79 Å². The first kappa shape index (κ1) is 16.1. The summed E-state index contributed by atoms with van der Waals surface area (Å²) >= 11 is 0. The van der Waals surface area contributed by atoms with Crippen molar-refractivity contribution in [1.82, 2.24) is 10.2 Å². The van der Waals surface area contributed by atoms with Gasteiger partial charge in [0.05, 0.1) is 12.6 Å². The number of amides is 3. The van der Waals surface area contributed by atoms with Crippen LogP contribution in [0.2, 0.25) is 0 Å².